The van der Waals surface area contributed by atoms with Gasteiger partial charge in [-0.25, -0.2) is 4.79 Å². The lowest BCUT2D eigenvalue weighted by atomic mass is 10.3. The Hall–Kier alpha value is -2.87. The van der Waals surface area contributed by atoms with Crippen molar-refractivity contribution in [2.75, 3.05) is 19.0 Å². The van der Waals surface area contributed by atoms with E-state index in [1.165, 1.54) is 4.57 Å². The number of hydrogen-bond acceptors (Lipinski definition) is 5. The summed E-state index contributed by atoms with van der Waals surface area (Å²) in [6, 6.07) is 8.64. The number of carbonyl (C=O) groups excluding carboxylic acids is 1. The number of methoxy groups -OCH3 is 1. The first-order valence-corrected chi connectivity index (χ1v) is 7.08. The molecule has 0 saturated carbocycles. The number of rotatable bonds is 6. The van der Waals surface area contributed by atoms with E-state index in [1.54, 1.807) is 48.3 Å². The minimum Gasteiger partial charge on any atom is -0.408 e. The highest BCUT2D eigenvalue weighted by Gasteiger charge is 2.13. The third kappa shape index (κ3) is 3.32. The SMILES string of the molecule is COCCn1ccc(NC(=O)Cn2c(=O)oc3ccccc32)n1. The summed E-state index contributed by atoms with van der Waals surface area (Å²) in [5, 5.41) is 6.85. The van der Waals surface area contributed by atoms with Crippen LogP contribution in [0, 0.1) is 0 Å². The zero-order valence-corrected chi connectivity index (χ0v) is 12.6. The summed E-state index contributed by atoms with van der Waals surface area (Å²) >= 11 is 0. The van der Waals surface area contributed by atoms with Crippen LogP contribution in [-0.4, -0.2) is 34.0 Å². The molecular formula is C15H16N4O4. The van der Waals surface area contributed by atoms with Crippen molar-refractivity contribution in [1.29, 1.82) is 0 Å². The molecule has 1 aromatic carbocycles. The van der Waals surface area contributed by atoms with Crippen molar-refractivity contribution in [1.82, 2.24) is 14.3 Å². The molecule has 23 heavy (non-hydrogen) atoms. The summed E-state index contributed by atoms with van der Waals surface area (Å²) < 4.78 is 13.0. The lowest BCUT2D eigenvalue weighted by Crippen LogP contribution is -2.25. The topological polar surface area (TPSA) is 91.3 Å². The number of aromatic nitrogens is 3. The van der Waals surface area contributed by atoms with Crippen molar-refractivity contribution in [3.63, 3.8) is 0 Å². The molecule has 0 radical (unpaired) electrons. The van der Waals surface area contributed by atoms with Gasteiger partial charge in [0.2, 0.25) is 5.91 Å². The number of nitrogens with one attached hydrogen (secondary N) is 1. The molecule has 0 unspecified atom stereocenters. The van der Waals surface area contributed by atoms with E-state index in [9.17, 15) is 9.59 Å². The summed E-state index contributed by atoms with van der Waals surface area (Å²) in [5.41, 5.74) is 1.03. The van der Waals surface area contributed by atoms with E-state index < -0.39 is 5.76 Å². The van der Waals surface area contributed by atoms with Gasteiger partial charge in [0.25, 0.3) is 0 Å². The standard InChI is InChI=1S/C15H16N4O4/c1-22-9-8-18-7-6-13(17-18)16-14(20)10-19-11-4-2-3-5-12(11)23-15(19)21/h2-7H,8-10H2,1H3,(H,16,17,20). The molecule has 0 aliphatic carbocycles. The minimum absolute atomic E-state index is 0.138. The number of ether oxygens (including phenoxy) is 1. The maximum Gasteiger partial charge on any atom is 0.420 e. The number of benzene rings is 1. The Bertz CT molecular complexity index is 877. The van der Waals surface area contributed by atoms with Crippen LogP contribution in [0.15, 0.2) is 45.7 Å². The molecule has 2 heterocycles. The lowest BCUT2D eigenvalue weighted by Gasteiger charge is -2.03. The van der Waals surface area contributed by atoms with Crippen LogP contribution < -0.4 is 11.1 Å². The second-order valence-electron chi connectivity index (χ2n) is 4.93. The summed E-state index contributed by atoms with van der Waals surface area (Å²) in [6.45, 7) is 0.991. The summed E-state index contributed by atoms with van der Waals surface area (Å²) in [6.07, 6.45) is 1.74. The van der Waals surface area contributed by atoms with Crippen LogP contribution in [0.1, 0.15) is 0 Å². The van der Waals surface area contributed by atoms with E-state index >= 15 is 0 Å². The highest BCUT2D eigenvalue weighted by molar-refractivity contribution is 5.90. The van der Waals surface area contributed by atoms with Crippen LogP contribution in [-0.2, 0) is 22.6 Å². The number of oxazole rings is 1. The zero-order chi connectivity index (χ0) is 16.2. The normalized spacial score (nSPS) is 11.0. The van der Waals surface area contributed by atoms with Crippen molar-refractivity contribution in [2.45, 2.75) is 13.1 Å². The second-order valence-corrected chi connectivity index (χ2v) is 4.93. The predicted molar refractivity (Wildman–Crippen MR) is 83.2 cm³/mol. The predicted octanol–water partition coefficient (Wildman–Crippen LogP) is 1.08. The van der Waals surface area contributed by atoms with Crippen LogP contribution in [0.4, 0.5) is 5.82 Å². The van der Waals surface area contributed by atoms with Crippen LogP contribution in [0.5, 0.6) is 0 Å². The molecule has 3 aromatic rings. The number of para-hydroxylation sites is 2. The van der Waals surface area contributed by atoms with Gasteiger partial charge in [-0.3, -0.25) is 14.0 Å². The maximum atomic E-state index is 12.1. The number of carbonyl (C=O) groups is 1. The van der Waals surface area contributed by atoms with Crippen molar-refractivity contribution in [3.05, 3.63) is 47.1 Å². The fourth-order valence-corrected chi connectivity index (χ4v) is 2.23. The van der Waals surface area contributed by atoms with Crippen LogP contribution in [0.25, 0.3) is 11.1 Å². The van der Waals surface area contributed by atoms with Gasteiger partial charge in [0.05, 0.1) is 18.7 Å². The van der Waals surface area contributed by atoms with Gasteiger partial charge < -0.3 is 14.5 Å². The van der Waals surface area contributed by atoms with E-state index in [-0.39, 0.29) is 12.5 Å². The van der Waals surface area contributed by atoms with Gasteiger partial charge in [-0.15, -0.1) is 0 Å². The van der Waals surface area contributed by atoms with Crippen molar-refractivity contribution < 1.29 is 13.9 Å². The largest absolute Gasteiger partial charge is 0.420 e. The van der Waals surface area contributed by atoms with E-state index in [0.29, 0.717) is 30.1 Å². The Kier molecular flexibility index (Phi) is 4.24. The highest BCUT2D eigenvalue weighted by Crippen LogP contribution is 2.12. The fourth-order valence-electron chi connectivity index (χ4n) is 2.23. The molecule has 120 valence electrons. The Balaban J connectivity index is 1.70. The Morgan fingerprint density at radius 1 is 1.35 bits per heavy atom. The lowest BCUT2D eigenvalue weighted by molar-refractivity contribution is -0.116. The molecule has 0 bridgehead atoms. The number of anilines is 1. The van der Waals surface area contributed by atoms with Gasteiger partial charge in [0.15, 0.2) is 11.4 Å². The van der Waals surface area contributed by atoms with Gasteiger partial charge in [0, 0.05) is 19.4 Å². The molecule has 8 heteroatoms. The molecular weight excluding hydrogens is 300 g/mol. The monoisotopic (exact) mass is 316 g/mol. The number of amides is 1. The third-order valence-corrected chi connectivity index (χ3v) is 3.31. The molecule has 0 atom stereocenters. The molecule has 0 aliphatic rings. The molecule has 0 fully saturated rings. The minimum atomic E-state index is -0.563. The van der Waals surface area contributed by atoms with E-state index in [1.807, 2.05) is 0 Å². The quantitative estimate of drug-likeness (QED) is 0.734. The molecule has 1 N–H and O–H groups in total. The van der Waals surface area contributed by atoms with Gasteiger partial charge in [-0.05, 0) is 12.1 Å². The molecule has 0 saturated heterocycles. The smallest absolute Gasteiger partial charge is 0.408 e. The Morgan fingerprint density at radius 3 is 3.00 bits per heavy atom. The van der Waals surface area contributed by atoms with Crippen molar-refractivity contribution in [2.24, 2.45) is 0 Å². The number of fused-ring (bicyclic) bond motifs is 1. The van der Waals surface area contributed by atoms with Crippen LogP contribution >= 0.6 is 0 Å². The van der Waals surface area contributed by atoms with Crippen LogP contribution in [0.2, 0.25) is 0 Å². The molecule has 2 aromatic heterocycles. The first-order valence-electron chi connectivity index (χ1n) is 7.08. The molecule has 0 spiro atoms. The number of hydrogen-bond donors (Lipinski definition) is 1. The summed E-state index contributed by atoms with van der Waals surface area (Å²) in [4.78, 5) is 23.9. The van der Waals surface area contributed by atoms with Gasteiger partial charge in [-0.1, -0.05) is 12.1 Å². The zero-order valence-electron chi connectivity index (χ0n) is 12.6. The fraction of sp³-hybridized carbons (Fsp3) is 0.267. The summed E-state index contributed by atoms with van der Waals surface area (Å²) in [5.74, 6) is -0.491. The van der Waals surface area contributed by atoms with Crippen molar-refractivity contribution >= 4 is 22.8 Å². The van der Waals surface area contributed by atoms with Gasteiger partial charge in [-0.2, -0.15) is 5.10 Å². The Labute approximate surface area is 131 Å². The molecule has 1 amide bonds. The van der Waals surface area contributed by atoms with Gasteiger partial charge in [0.1, 0.15) is 6.54 Å². The average molecular weight is 316 g/mol. The van der Waals surface area contributed by atoms with Crippen LogP contribution in [0.3, 0.4) is 0 Å². The van der Waals surface area contributed by atoms with E-state index in [4.69, 9.17) is 9.15 Å². The molecule has 8 nitrogen and oxygen atoms in total. The second kappa shape index (κ2) is 6.49. The van der Waals surface area contributed by atoms with E-state index in [2.05, 4.69) is 10.4 Å². The van der Waals surface area contributed by atoms with Crippen molar-refractivity contribution in [3.8, 4) is 0 Å². The first-order chi connectivity index (χ1) is 11.2. The van der Waals surface area contributed by atoms with E-state index in [0.717, 1.165) is 0 Å². The third-order valence-electron chi connectivity index (χ3n) is 3.31. The summed E-state index contributed by atoms with van der Waals surface area (Å²) in [7, 11) is 1.61. The Morgan fingerprint density at radius 2 is 2.17 bits per heavy atom. The number of nitrogens with zero attached hydrogens (tertiary/aromatic N) is 3. The average Bonchev–Trinajstić information content (AvgIpc) is 3.10. The first kappa shape index (κ1) is 15.0. The maximum absolute atomic E-state index is 12.1. The highest BCUT2D eigenvalue weighted by atomic mass is 16.5. The molecule has 3 rings (SSSR count). The molecule has 0 aliphatic heterocycles. The van der Waals surface area contributed by atoms with Gasteiger partial charge >= 0.3 is 5.76 Å².